The van der Waals surface area contributed by atoms with Gasteiger partial charge in [-0.2, -0.15) is 0 Å². The highest BCUT2D eigenvalue weighted by atomic mass is 35.5. The maximum absolute atomic E-state index is 11.7. The highest BCUT2D eigenvalue weighted by Gasteiger charge is 2.41. The molecular weight excluding hydrogens is 254 g/mol. The van der Waals surface area contributed by atoms with E-state index in [4.69, 9.17) is 16.7 Å². The van der Waals surface area contributed by atoms with Gasteiger partial charge in [0.05, 0.1) is 13.0 Å². The second-order valence-corrected chi connectivity index (χ2v) is 5.29. The second-order valence-electron chi connectivity index (χ2n) is 4.89. The summed E-state index contributed by atoms with van der Waals surface area (Å²) < 4.78 is 0. The summed E-state index contributed by atoms with van der Waals surface area (Å²) in [6.45, 7) is 0.630. The molecule has 1 fully saturated rings. The number of carbonyl (C=O) groups excluding carboxylic acids is 1. The smallest absolute Gasteiger partial charge is 0.224 e. The normalized spacial score (nSPS) is 16.3. The Morgan fingerprint density at radius 2 is 2.17 bits per heavy atom. The molecule has 1 saturated carbocycles. The van der Waals surface area contributed by atoms with Crippen LogP contribution >= 0.6 is 11.6 Å². The van der Waals surface area contributed by atoms with Crippen LogP contribution in [0.1, 0.15) is 18.4 Å². The topological polar surface area (TPSA) is 69.6 Å². The Bertz CT molecular complexity index is 458. The third-order valence-electron chi connectivity index (χ3n) is 3.34. The molecule has 18 heavy (non-hydrogen) atoms. The second kappa shape index (κ2) is 5.16. The van der Waals surface area contributed by atoms with Crippen LogP contribution < -0.4 is 5.32 Å². The van der Waals surface area contributed by atoms with Crippen molar-refractivity contribution in [3.8, 4) is 5.75 Å². The van der Waals surface area contributed by atoms with Gasteiger partial charge in [0.15, 0.2) is 0 Å². The van der Waals surface area contributed by atoms with E-state index in [0.29, 0.717) is 17.1 Å². The molecule has 0 aliphatic heterocycles. The van der Waals surface area contributed by atoms with Crippen molar-refractivity contribution >= 4 is 17.5 Å². The van der Waals surface area contributed by atoms with E-state index in [0.717, 1.165) is 12.8 Å². The first-order valence-electron chi connectivity index (χ1n) is 5.90. The van der Waals surface area contributed by atoms with Crippen LogP contribution in [0.5, 0.6) is 5.75 Å². The summed E-state index contributed by atoms with van der Waals surface area (Å²) in [5.41, 5.74) is 0.592. The van der Waals surface area contributed by atoms with Crippen molar-refractivity contribution in [2.45, 2.75) is 19.3 Å². The van der Waals surface area contributed by atoms with Crippen LogP contribution in [0.3, 0.4) is 0 Å². The number of carbonyl (C=O) groups is 1. The lowest BCUT2D eigenvalue weighted by Gasteiger charge is -2.13. The average molecular weight is 270 g/mol. The fourth-order valence-electron chi connectivity index (χ4n) is 1.77. The molecule has 2 rings (SSSR count). The third-order valence-corrected chi connectivity index (χ3v) is 3.69. The molecule has 3 N–H and O–H groups in total. The molecule has 0 heterocycles. The molecule has 0 bridgehead atoms. The van der Waals surface area contributed by atoms with Crippen molar-refractivity contribution in [2.24, 2.45) is 5.41 Å². The van der Waals surface area contributed by atoms with Crippen molar-refractivity contribution in [1.82, 2.24) is 5.32 Å². The van der Waals surface area contributed by atoms with Crippen LogP contribution in [0, 0.1) is 5.41 Å². The number of phenols is 1. The molecule has 1 aliphatic carbocycles. The first-order chi connectivity index (χ1) is 8.54. The molecule has 0 unspecified atom stereocenters. The Morgan fingerprint density at radius 3 is 2.72 bits per heavy atom. The van der Waals surface area contributed by atoms with E-state index < -0.39 is 0 Å². The molecular formula is C13H16ClNO3. The van der Waals surface area contributed by atoms with Crippen LogP contribution in [0.4, 0.5) is 0 Å². The number of benzene rings is 1. The van der Waals surface area contributed by atoms with Gasteiger partial charge in [-0.15, -0.1) is 0 Å². The van der Waals surface area contributed by atoms with Crippen LogP contribution in [0.15, 0.2) is 18.2 Å². The van der Waals surface area contributed by atoms with E-state index in [2.05, 4.69) is 5.32 Å². The lowest BCUT2D eigenvalue weighted by atomic mass is 10.1. The van der Waals surface area contributed by atoms with Crippen molar-refractivity contribution in [1.29, 1.82) is 0 Å². The molecule has 0 spiro atoms. The molecule has 0 aromatic heterocycles. The number of halogens is 1. The van der Waals surface area contributed by atoms with Gasteiger partial charge in [0, 0.05) is 17.0 Å². The van der Waals surface area contributed by atoms with Gasteiger partial charge in [0.25, 0.3) is 0 Å². The van der Waals surface area contributed by atoms with Gasteiger partial charge >= 0.3 is 0 Å². The molecule has 4 nitrogen and oxygen atoms in total. The van der Waals surface area contributed by atoms with Gasteiger partial charge in [-0.1, -0.05) is 17.7 Å². The summed E-state index contributed by atoms with van der Waals surface area (Å²) >= 11 is 5.92. The minimum Gasteiger partial charge on any atom is -0.508 e. The molecule has 0 atom stereocenters. The molecule has 1 aromatic rings. The average Bonchev–Trinajstić information content (AvgIpc) is 3.11. The highest BCUT2D eigenvalue weighted by molar-refractivity contribution is 6.31. The minimum absolute atomic E-state index is 0.0846. The van der Waals surface area contributed by atoms with Gasteiger partial charge in [0.2, 0.25) is 5.91 Å². The summed E-state index contributed by atoms with van der Waals surface area (Å²) in [7, 11) is 0. The van der Waals surface area contributed by atoms with Crippen LogP contribution in [-0.4, -0.2) is 29.3 Å². The number of aliphatic hydroxyl groups excluding tert-OH is 1. The van der Waals surface area contributed by atoms with E-state index in [1.165, 1.54) is 12.1 Å². The zero-order valence-corrected chi connectivity index (χ0v) is 10.7. The largest absolute Gasteiger partial charge is 0.508 e. The molecule has 1 amide bonds. The molecule has 5 heteroatoms. The lowest BCUT2D eigenvalue weighted by Crippen LogP contribution is -2.32. The van der Waals surface area contributed by atoms with Crippen molar-refractivity contribution < 1.29 is 15.0 Å². The Balaban J connectivity index is 1.87. The molecule has 0 radical (unpaired) electrons. The number of aromatic hydroxyl groups is 1. The fourth-order valence-corrected chi connectivity index (χ4v) is 2.01. The summed E-state index contributed by atoms with van der Waals surface area (Å²) in [5, 5.41) is 21.5. The van der Waals surface area contributed by atoms with Gasteiger partial charge in [0.1, 0.15) is 5.75 Å². The highest BCUT2D eigenvalue weighted by Crippen LogP contribution is 2.44. The zero-order valence-electron chi connectivity index (χ0n) is 9.95. The van der Waals surface area contributed by atoms with E-state index in [1.807, 2.05) is 0 Å². The Morgan fingerprint density at radius 1 is 1.44 bits per heavy atom. The van der Waals surface area contributed by atoms with Crippen molar-refractivity contribution in [3.63, 3.8) is 0 Å². The summed E-state index contributed by atoms with van der Waals surface area (Å²) in [6.07, 6.45) is 2.11. The summed E-state index contributed by atoms with van der Waals surface area (Å²) in [5.74, 6) is -0.0383. The molecule has 1 aliphatic rings. The molecule has 1 aromatic carbocycles. The van der Waals surface area contributed by atoms with Crippen LogP contribution in [0.2, 0.25) is 5.02 Å². The Labute approximate surface area is 111 Å². The maximum atomic E-state index is 11.7. The zero-order chi connectivity index (χ0) is 13.2. The van der Waals surface area contributed by atoms with Gasteiger partial charge in [-0.25, -0.2) is 0 Å². The molecule has 98 valence electrons. The van der Waals surface area contributed by atoms with E-state index in [-0.39, 0.29) is 30.1 Å². The number of phenolic OH excluding ortho intramolecular Hbond substituents is 1. The standard InChI is InChI=1S/C13H16ClNO3/c14-11-6-10(17)2-1-9(11)5-12(18)15-7-13(8-16)3-4-13/h1-2,6,16-17H,3-5,7-8H2,(H,15,18). The maximum Gasteiger partial charge on any atom is 0.224 e. The SMILES string of the molecule is O=C(Cc1ccc(O)cc1Cl)NCC1(CO)CC1. The first-order valence-corrected chi connectivity index (χ1v) is 6.27. The number of hydrogen-bond acceptors (Lipinski definition) is 3. The van der Waals surface area contributed by atoms with E-state index >= 15 is 0 Å². The van der Waals surface area contributed by atoms with Gasteiger partial charge in [-0.3, -0.25) is 4.79 Å². The summed E-state index contributed by atoms with van der Waals surface area (Å²) in [4.78, 5) is 11.7. The fraction of sp³-hybridized carbons (Fsp3) is 0.462. The number of aliphatic hydroxyl groups is 1. The summed E-state index contributed by atoms with van der Waals surface area (Å²) in [6, 6.07) is 4.56. The molecule has 0 saturated heterocycles. The minimum atomic E-state index is -0.123. The predicted octanol–water partition coefficient (Wildman–Crippen LogP) is 1.48. The third kappa shape index (κ3) is 3.15. The number of hydrogen-bond donors (Lipinski definition) is 3. The van der Waals surface area contributed by atoms with Gasteiger partial charge in [-0.05, 0) is 30.5 Å². The Hall–Kier alpha value is -1.26. The number of rotatable bonds is 5. The Kier molecular flexibility index (Phi) is 3.78. The van der Waals surface area contributed by atoms with E-state index in [1.54, 1.807) is 6.07 Å². The quantitative estimate of drug-likeness (QED) is 0.758. The number of amides is 1. The van der Waals surface area contributed by atoms with Gasteiger partial charge < -0.3 is 15.5 Å². The number of nitrogens with one attached hydrogen (secondary N) is 1. The van der Waals surface area contributed by atoms with Crippen molar-refractivity contribution in [2.75, 3.05) is 13.2 Å². The first kappa shape index (κ1) is 13.2. The van der Waals surface area contributed by atoms with Crippen LogP contribution in [0.25, 0.3) is 0 Å². The lowest BCUT2D eigenvalue weighted by molar-refractivity contribution is -0.120. The monoisotopic (exact) mass is 269 g/mol. The van der Waals surface area contributed by atoms with Crippen LogP contribution in [-0.2, 0) is 11.2 Å². The predicted molar refractivity (Wildman–Crippen MR) is 68.6 cm³/mol. The van der Waals surface area contributed by atoms with E-state index in [9.17, 15) is 9.90 Å². The van der Waals surface area contributed by atoms with Crippen molar-refractivity contribution in [3.05, 3.63) is 28.8 Å².